The zero-order chi connectivity index (χ0) is 12.8. The number of methoxy groups -OCH3 is 1. The molecule has 1 unspecified atom stereocenters. The van der Waals surface area contributed by atoms with Crippen molar-refractivity contribution in [1.29, 1.82) is 0 Å². The summed E-state index contributed by atoms with van der Waals surface area (Å²) in [6.07, 6.45) is 4.84. The number of amides is 1. The van der Waals surface area contributed by atoms with Gasteiger partial charge in [-0.3, -0.25) is 4.79 Å². The summed E-state index contributed by atoms with van der Waals surface area (Å²) in [5.74, 6) is -0.592. The molecule has 0 aromatic rings. The highest BCUT2D eigenvalue weighted by Crippen LogP contribution is 2.22. The molecule has 17 heavy (non-hydrogen) atoms. The van der Waals surface area contributed by atoms with Gasteiger partial charge in [-0.2, -0.15) is 0 Å². The molecule has 5 nitrogen and oxygen atoms in total. The number of ether oxygens (including phenoxy) is 1. The van der Waals surface area contributed by atoms with Crippen LogP contribution in [-0.4, -0.2) is 49.6 Å². The van der Waals surface area contributed by atoms with Crippen LogP contribution in [0.25, 0.3) is 0 Å². The molecule has 98 valence electrons. The Balaban J connectivity index is 2.51. The number of likely N-dealkylation sites (N-methyl/N-ethyl adjacent to an activating group) is 1. The lowest BCUT2D eigenvalue weighted by atomic mass is 10.2. The first kappa shape index (κ1) is 14.0. The van der Waals surface area contributed by atoms with Crippen LogP contribution in [-0.2, 0) is 14.3 Å². The Morgan fingerprint density at radius 1 is 1.41 bits per heavy atom. The number of carbonyl (C=O) groups is 2. The molecular formula is C12H22N2O3. The van der Waals surface area contributed by atoms with Gasteiger partial charge in [0.25, 0.3) is 0 Å². The Labute approximate surface area is 102 Å². The van der Waals surface area contributed by atoms with Gasteiger partial charge in [-0.05, 0) is 19.9 Å². The van der Waals surface area contributed by atoms with Crippen molar-refractivity contribution in [3.05, 3.63) is 0 Å². The second kappa shape index (κ2) is 6.59. The number of esters is 1. The average Bonchev–Trinajstić information content (AvgIpc) is 2.79. The fourth-order valence-electron chi connectivity index (χ4n) is 2.35. The third-order valence-electron chi connectivity index (χ3n) is 3.28. The van der Waals surface area contributed by atoms with E-state index in [2.05, 4.69) is 10.2 Å². The van der Waals surface area contributed by atoms with Gasteiger partial charge in [0.05, 0.1) is 7.11 Å². The van der Waals surface area contributed by atoms with E-state index in [1.807, 2.05) is 7.05 Å². The maximum atomic E-state index is 11.5. The van der Waals surface area contributed by atoms with Gasteiger partial charge in [-0.25, -0.2) is 4.79 Å². The number of rotatable bonds is 5. The zero-order valence-corrected chi connectivity index (χ0v) is 10.9. The standard InChI is InChI=1S/C12H22N2O3/c1-9(15)13-11(12(16)17-3)8-14(2)10-6-4-5-7-10/h10-11H,4-8H2,1-3H3,(H,13,15). The van der Waals surface area contributed by atoms with E-state index in [9.17, 15) is 9.59 Å². The lowest BCUT2D eigenvalue weighted by Crippen LogP contribution is -2.49. The summed E-state index contributed by atoms with van der Waals surface area (Å²) in [5.41, 5.74) is 0. The van der Waals surface area contributed by atoms with Crippen molar-refractivity contribution in [2.75, 3.05) is 20.7 Å². The molecule has 1 fully saturated rings. The topological polar surface area (TPSA) is 58.6 Å². The minimum Gasteiger partial charge on any atom is -0.467 e. The lowest BCUT2D eigenvalue weighted by molar-refractivity contribution is -0.145. The molecule has 1 saturated carbocycles. The van der Waals surface area contributed by atoms with E-state index in [0.29, 0.717) is 12.6 Å². The molecule has 0 aromatic heterocycles. The lowest BCUT2D eigenvalue weighted by Gasteiger charge is -2.27. The molecule has 1 amide bonds. The van der Waals surface area contributed by atoms with E-state index in [0.717, 1.165) is 0 Å². The predicted molar refractivity (Wildman–Crippen MR) is 64.5 cm³/mol. The number of nitrogens with zero attached hydrogens (tertiary/aromatic N) is 1. The molecule has 0 aliphatic heterocycles. The van der Waals surface area contributed by atoms with E-state index >= 15 is 0 Å². The van der Waals surface area contributed by atoms with Crippen LogP contribution in [0.1, 0.15) is 32.6 Å². The fourth-order valence-corrected chi connectivity index (χ4v) is 2.35. The normalized spacial score (nSPS) is 18.1. The zero-order valence-electron chi connectivity index (χ0n) is 10.9. The molecule has 0 aromatic carbocycles. The molecule has 1 atom stereocenters. The van der Waals surface area contributed by atoms with Crippen LogP contribution in [0.15, 0.2) is 0 Å². The van der Waals surface area contributed by atoms with Gasteiger partial charge in [0.15, 0.2) is 0 Å². The summed E-state index contributed by atoms with van der Waals surface area (Å²) in [5, 5.41) is 2.63. The summed E-state index contributed by atoms with van der Waals surface area (Å²) in [4.78, 5) is 24.7. The van der Waals surface area contributed by atoms with Crippen molar-refractivity contribution in [3.63, 3.8) is 0 Å². The van der Waals surface area contributed by atoms with Crippen molar-refractivity contribution in [2.45, 2.75) is 44.7 Å². The Bertz CT molecular complexity index is 275. The van der Waals surface area contributed by atoms with Crippen LogP contribution < -0.4 is 5.32 Å². The predicted octanol–water partition coefficient (Wildman–Crippen LogP) is 0.538. The van der Waals surface area contributed by atoms with Gasteiger partial charge < -0.3 is 15.0 Å². The Morgan fingerprint density at radius 2 is 2.00 bits per heavy atom. The third kappa shape index (κ3) is 4.34. The molecule has 1 N–H and O–H groups in total. The van der Waals surface area contributed by atoms with Gasteiger partial charge in [-0.1, -0.05) is 12.8 Å². The molecule has 0 spiro atoms. The van der Waals surface area contributed by atoms with Crippen LogP contribution in [0.4, 0.5) is 0 Å². The van der Waals surface area contributed by atoms with Crippen LogP contribution in [0.2, 0.25) is 0 Å². The first-order valence-electron chi connectivity index (χ1n) is 6.09. The second-order valence-electron chi connectivity index (χ2n) is 4.65. The highest BCUT2D eigenvalue weighted by molar-refractivity contribution is 5.83. The van der Waals surface area contributed by atoms with E-state index < -0.39 is 6.04 Å². The van der Waals surface area contributed by atoms with E-state index in [-0.39, 0.29) is 11.9 Å². The average molecular weight is 242 g/mol. The Hall–Kier alpha value is -1.10. The molecule has 1 aliphatic rings. The van der Waals surface area contributed by atoms with Gasteiger partial charge in [0, 0.05) is 19.5 Å². The van der Waals surface area contributed by atoms with Crippen LogP contribution in [0, 0.1) is 0 Å². The third-order valence-corrected chi connectivity index (χ3v) is 3.28. The fraction of sp³-hybridized carbons (Fsp3) is 0.833. The Morgan fingerprint density at radius 3 is 2.47 bits per heavy atom. The number of hydrogen-bond acceptors (Lipinski definition) is 4. The minimum absolute atomic E-state index is 0.208. The summed E-state index contributed by atoms with van der Waals surface area (Å²) < 4.78 is 4.70. The first-order chi connectivity index (χ1) is 8.04. The minimum atomic E-state index is -0.567. The molecular weight excluding hydrogens is 220 g/mol. The van der Waals surface area contributed by atoms with Crippen LogP contribution >= 0.6 is 0 Å². The summed E-state index contributed by atoms with van der Waals surface area (Å²) in [6.45, 7) is 1.92. The van der Waals surface area contributed by atoms with Gasteiger partial charge >= 0.3 is 5.97 Å². The molecule has 0 heterocycles. The summed E-state index contributed by atoms with van der Waals surface area (Å²) in [6, 6.07) is -0.0426. The number of carbonyl (C=O) groups excluding carboxylic acids is 2. The highest BCUT2D eigenvalue weighted by atomic mass is 16.5. The van der Waals surface area contributed by atoms with Gasteiger partial charge in [-0.15, -0.1) is 0 Å². The van der Waals surface area contributed by atoms with Gasteiger partial charge in [0.2, 0.25) is 5.91 Å². The molecule has 1 aliphatic carbocycles. The van der Waals surface area contributed by atoms with Crippen molar-refractivity contribution in [3.8, 4) is 0 Å². The maximum absolute atomic E-state index is 11.5. The first-order valence-corrected chi connectivity index (χ1v) is 6.09. The molecule has 5 heteroatoms. The molecule has 0 bridgehead atoms. The quantitative estimate of drug-likeness (QED) is 0.715. The van der Waals surface area contributed by atoms with Crippen molar-refractivity contribution in [2.24, 2.45) is 0 Å². The van der Waals surface area contributed by atoms with Crippen molar-refractivity contribution < 1.29 is 14.3 Å². The maximum Gasteiger partial charge on any atom is 0.329 e. The van der Waals surface area contributed by atoms with Crippen LogP contribution in [0.5, 0.6) is 0 Å². The smallest absolute Gasteiger partial charge is 0.329 e. The van der Waals surface area contributed by atoms with E-state index in [1.54, 1.807) is 0 Å². The molecule has 1 rings (SSSR count). The summed E-state index contributed by atoms with van der Waals surface area (Å²) >= 11 is 0. The van der Waals surface area contributed by atoms with E-state index in [4.69, 9.17) is 4.74 Å². The Kier molecular flexibility index (Phi) is 5.41. The molecule has 0 radical (unpaired) electrons. The monoisotopic (exact) mass is 242 g/mol. The van der Waals surface area contributed by atoms with Crippen LogP contribution in [0.3, 0.4) is 0 Å². The van der Waals surface area contributed by atoms with E-state index in [1.165, 1.54) is 39.7 Å². The second-order valence-corrected chi connectivity index (χ2v) is 4.65. The largest absolute Gasteiger partial charge is 0.467 e. The highest BCUT2D eigenvalue weighted by Gasteiger charge is 2.26. The van der Waals surface area contributed by atoms with Crippen molar-refractivity contribution >= 4 is 11.9 Å². The van der Waals surface area contributed by atoms with Gasteiger partial charge in [0.1, 0.15) is 6.04 Å². The molecule has 0 saturated heterocycles. The number of nitrogens with one attached hydrogen (secondary N) is 1. The van der Waals surface area contributed by atoms with Crippen molar-refractivity contribution in [1.82, 2.24) is 10.2 Å². The summed E-state index contributed by atoms with van der Waals surface area (Å²) in [7, 11) is 3.33. The SMILES string of the molecule is COC(=O)C(CN(C)C1CCCC1)NC(C)=O. The number of hydrogen-bond donors (Lipinski definition) is 1.